The quantitative estimate of drug-likeness (QED) is 0.867. The van der Waals surface area contributed by atoms with E-state index in [0.717, 1.165) is 0 Å². The van der Waals surface area contributed by atoms with Crippen molar-refractivity contribution < 1.29 is 8.42 Å². The molecule has 0 amide bonds. The highest BCUT2D eigenvalue weighted by Gasteiger charge is 2.26. The van der Waals surface area contributed by atoms with Crippen molar-refractivity contribution in [3.8, 4) is 0 Å². The molecule has 0 aromatic carbocycles. The second-order valence-electron chi connectivity index (χ2n) is 5.53. The highest BCUT2D eigenvalue weighted by molar-refractivity contribution is 7.89. The Bertz CT molecular complexity index is 485. The van der Waals surface area contributed by atoms with E-state index in [0.29, 0.717) is 18.9 Å². The topological polar surface area (TPSA) is 76.3 Å². The molecule has 0 aliphatic heterocycles. The highest BCUT2D eigenvalue weighted by Crippen LogP contribution is 2.18. The number of rotatable bonds is 6. The Labute approximate surface area is 115 Å². The van der Waals surface area contributed by atoms with Crippen LogP contribution in [0.1, 0.15) is 27.7 Å². The van der Waals surface area contributed by atoms with Crippen LogP contribution in [0.15, 0.2) is 23.2 Å². The fourth-order valence-corrected chi connectivity index (χ4v) is 3.49. The van der Waals surface area contributed by atoms with Crippen LogP contribution in [-0.2, 0) is 10.0 Å². The number of anilines is 1. The smallest absolute Gasteiger partial charge is 0.244 e. The standard InChI is InChI=1S/C13H23N3O2S/c1-10(2)8-16(9-11(3)4)19(17,18)12-5-6-13(14)15-7-12/h5-7,10-11H,8-9H2,1-4H3,(H2,14,15). The number of nitrogen functional groups attached to an aromatic ring is 1. The van der Waals surface area contributed by atoms with Crippen LogP contribution >= 0.6 is 0 Å². The van der Waals surface area contributed by atoms with Crippen molar-refractivity contribution in [2.45, 2.75) is 32.6 Å². The lowest BCUT2D eigenvalue weighted by molar-refractivity contribution is 0.333. The van der Waals surface area contributed by atoms with Gasteiger partial charge in [-0.1, -0.05) is 27.7 Å². The van der Waals surface area contributed by atoms with E-state index < -0.39 is 10.0 Å². The first-order valence-electron chi connectivity index (χ1n) is 6.45. The van der Waals surface area contributed by atoms with Crippen LogP contribution in [-0.4, -0.2) is 30.8 Å². The summed E-state index contributed by atoms with van der Waals surface area (Å²) in [7, 11) is -3.49. The first-order valence-corrected chi connectivity index (χ1v) is 7.89. The van der Waals surface area contributed by atoms with Crippen LogP contribution < -0.4 is 5.73 Å². The van der Waals surface area contributed by atoms with E-state index in [2.05, 4.69) is 4.98 Å². The molecule has 5 nitrogen and oxygen atoms in total. The van der Waals surface area contributed by atoms with Crippen molar-refractivity contribution in [2.75, 3.05) is 18.8 Å². The van der Waals surface area contributed by atoms with Gasteiger partial charge in [0.15, 0.2) is 0 Å². The number of pyridine rings is 1. The summed E-state index contributed by atoms with van der Waals surface area (Å²) in [5.74, 6) is 0.865. The summed E-state index contributed by atoms with van der Waals surface area (Å²) in [5, 5.41) is 0. The molecule has 0 aliphatic rings. The van der Waals surface area contributed by atoms with E-state index >= 15 is 0 Å². The largest absolute Gasteiger partial charge is 0.384 e. The maximum absolute atomic E-state index is 12.6. The third-order valence-electron chi connectivity index (χ3n) is 2.53. The van der Waals surface area contributed by atoms with E-state index in [1.807, 2.05) is 27.7 Å². The summed E-state index contributed by atoms with van der Waals surface area (Å²) in [6.45, 7) is 9.03. The molecule has 0 spiro atoms. The fourth-order valence-electron chi connectivity index (χ4n) is 1.78. The molecule has 1 rings (SSSR count). The second kappa shape index (κ2) is 6.34. The minimum Gasteiger partial charge on any atom is -0.384 e. The minimum atomic E-state index is -3.49. The van der Waals surface area contributed by atoms with Crippen molar-refractivity contribution >= 4 is 15.8 Å². The van der Waals surface area contributed by atoms with Crippen molar-refractivity contribution in [1.29, 1.82) is 0 Å². The van der Waals surface area contributed by atoms with Crippen LogP contribution in [0.5, 0.6) is 0 Å². The number of nitrogens with two attached hydrogens (primary N) is 1. The Balaban J connectivity index is 3.07. The molecule has 0 fully saturated rings. The number of sulfonamides is 1. The molecule has 1 aromatic heterocycles. The lowest BCUT2D eigenvalue weighted by Crippen LogP contribution is -2.37. The van der Waals surface area contributed by atoms with Crippen molar-refractivity contribution in [1.82, 2.24) is 9.29 Å². The average Bonchev–Trinajstić information content (AvgIpc) is 2.27. The summed E-state index contributed by atoms with van der Waals surface area (Å²) < 4.78 is 26.6. The average molecular weight is 285 g/mol. The first-order chi connectivity index (χ1) is 8.73. The van der Waals surface area contributed by atoms with Gasteiger partial charge in [-0.3, -0.25) is 0 Å². The van der Waals surface area contributed by atoms with Gasteiger partial charge < -0.3 is 5.73 Å². The molecule has 108 valence electrons. The van der Waals surface area contributed by atoms with Gasteiger partial charge in [-0.2, -0.15) is 4.31 Å². The summed E-state index contributed by atoms with van der Waals surface area (Å²) in [4.78, 5) is 4.06. The molecule has 0 bridgehead atoms. The summed E-state index contributed by atoms with van der Waals surface area (Å²) in [6, 6.07) is 3.02. The predicted molar refractivity (Wildman–Crippen MR) is 77.1 cm³/mol. The molecular weight excluding hydrogens is 262 g/mol. The normalized spacial score (nSPS) is 12.6. The third-order valence-corrected chi connectivity index (χ3v) is 4.35. The van der Waals surface area contributed by atoms with Gasteiger partial charge in [-0.25, -0.2) is 13.4 Å². The Hall–Kier alpha value is -1.14. The van der Waals surface area contributed by atoms with Gasteiger partial charge in [0.25, 0.3) is 0 Å². The number of nitrogens with zero attached hydrogens (tertiary/aromatic N) is 2. The third kappa shape index (κ3) is 4.47. The molecule has 19 heavy (non-hydrogen) atoms. The van der Waals surface area contributed by atoms with Gasteiger partial charge in [0.1, 0.15) is 10.7 Å². The lowest BCUT2D eigenvalue weighted by Gasteiger charge is -2.25. The van der Waals surface area contributed by atoms with E-state index in [1.54, 1.807) is 0 Å². The molecule has 1 heterocycles. The molecule has 6 heteroatoms. The summed E-state index contributed by atoms with van der Waals surface area (Å²) in [6.07, 6.45) is 1.32. The van der Waals surface area contributed by atoms with Crippen molar-refractivity contribution in [3.05, 3.63) is 18.3 Å². The van der Waals surface area contributed by atoms with Gasteiger partial charge in [0.2, 0.25) is 10.0 Å². The zero-order chi connectivity index (χ0) is 14.6. The van der Waals surface area contributed by atoms with Crippen LogP contribution in [0.25, 0.3) is 0 Å². The van der Waals surface area contributed by atoms with Gasteiger partial charge in [0, 0.05) is 19.3 Å². The van der Waals surface area contributed by atoms with Crippen LogP contribution in [0.4, 0.5) is 5.82 Å². The van der Waals surface area contributed by atoms with E-state index in [-0.39, 0.29) is 16.7 Å². The SMILES string of the molecule is CC(C)CN(CC(C)C)S(=O)(=O)c1ccc(N)nc1. The molecule has 0 unspecified atom stereocenters. The zero-order valence-electron chi connectivity index (χ0n) is 12.0. The van der Waals surface area contributed by atoms with E-state index in [1.165, 1.54) is 22.6 Å². The van der Waals surface area contributed by atoms with E-state index in [9.17, 15) is 8.42 Å². The van der Waals surface area contributed by atoms with Crippen molar-refractivity contribution in [3.63, 3.8) is 0 Å². The molecule has 0 saturated carbocycles. The lowest BCUT2D eigenvalue weighted by atomic mass is 10.2. The second-order valence-corrected chi connectivity index (χ2v) is 7.47. The minimum absolute atomic E-state index is 0.197. The fraction of sp³-hybridized carbons (Fsp3) is 0.615. The summed E-state index contributed by atoms with van der Waals surface area (Å²) >= 11 is 0. The van der Waals surface area contributed by atoms with Gasteiger partial charge in [0.05, 0.1) is 0 Å². The number of hydrogen-bond acceptors (Lipinski definition) is 4. The first kappa shape index (κ1) is 15.9. The Morgan fingerprint density at radius 2 is 1.68 bits per heavy atom. The van der Waals surface area contributed by atoms with Gasteiger partial charge in [-0.05, 0) is 24.0 Å². The van der Waals surface area contributed by atoms with E-state index in [4.69, 9.17) is 5.73 Å². The Morgan fingerprint density at radius 1 is 1.16 bits per heavy atom. The molecule has 0 aliphatic carbocycles. The van der Waals surface area contributed by atoms with Crippen LogP contribution in [0.3, 0.4) is 0 Å². The number of aromatic nitrogens is 1. The van der Waals surface area contributed by atoms with Crippen LogP contribution in [0.2, 0.25) is 0 Å². The summed E-state index contributed by atoms with van der Waals surface area (Å²) in [5.41, 5.74) is 5.49. The zero-order valence-corrected chi connectivity index (χ0v) is 12.8. The highest BCUT2D eigenvalue weighted by atomic mass is 32.2. The Kier molecular flexibility index (Phi) is 5.31. The molecule has 0 atom stereocenters. The molecule has 1 aromatic rings. The Morgan fingerprint density at radius 3 is 2.05 bits per heavy atom. The molecule has 2 N–H and O–H groups in total. The maximum atomic E-state index is 12.6. The van der Waals surface area contributed by atoms with Crippen molar-refractivity contribution in [2.24, 2.45) is 11.8 Å². The molecule has 0 radical (unpaired) electrons. The van der Waals surface area contributed by atoms with Gasteiger partial charge in [-0.15, -0.1) is 0 Å². The van der Waals surface area contributed by atoms with Gasteiger partial charge >= 0.3 is 0 Å². The van der Waals surface area contributed by atoms with Crippen LogP contribution in [0, 0.1) is 11.8 Å². The molecular formula is C13H23N3O2S. The predicted octanol–water partition coefficient (Wildman–Crippen LogP) is 1.97. The number of hydrogen-bond donors (Lipinski definition) is 1. The maximum Gasteiger partial charge on any atom is 0.244 e. The molecule has 0 saturated heterocycles. The monoisotopic (exact) mass is 285 g/mol.